The first-order valence-electron chi connectivity index (χ1n) is 10.6. The fraction of sp³-hybridized carbons (Fsp3) is 0.333. The second kappa shape index (κ2) is 9.98. The lowest BCUT2D eigenvalue weighted by molar-refractivity contribution is 0.102. The predicted molar refractivity (Wildman–Crippen MR) is 124 cm³/mol. The zero-order valence-electron chi connectivity index (χ0n) is 17.6. The van der Waals surface area contributed by atoms with Gasteiger partial charge in [0, 0.05) is 35.1 Å². The number of anilines is 1. The van der Waals surface area contributed by atoms with Gasteiger partial charge in [0.15, 0.2) is 0 Å². The minimum absolute atomic E-state index is 0.188. The van der Waals surface area contributed by atoms with Gasteiger partial charge in [-0.05, 0) is 86.8 Å². The number of hydrogen-bond donors (Lipinski definition) is 2. The number of nitrogens with one attached hydrogen (secondary N) is 2. The molecule has 7 heteroatoms. The molecule has 0 spiro atoms. The summed E-state index contributed by atoms with van der Waals surface area (Å²) >= 11 is 5.92. The summed E-state index contributed by atoms with van der Waals surface area (Å²) in [5, 5.41) is 11.2. The molecular formula is C24H27ClN4O2. The third-order valence-corrected chi connectivity index (χ3v) is 5.87. The van der Waals surface area contributed by atoms with Crippen LogP contribution in [0.4, 0.5) is 5.69 Å². The third-order valence-electron chi connectivity index (χ3n) is 5.62. The van der Waals surface area contributed by atoms with E-state index in [1.54, 1.807) is 35.1 Å². The Hall–Kier alpha value is -2.83. The Labute approximate surface area is 187 Å². The molecule has 31 heavy (non-hydrogen) atoms. The Morgan fingerprint density at radius 3 is 2.81 bits per heavy atom. The van der Waals surface area contributed by atoms with Crippen molar-refractivity contribution in [3.05, 3.63) is 65.3 Å². The van der Waals surface area contributed by atoms with Gasteiger partial charge in [-0.1, -0.05) is 11.6 Å². The molecule has 3 aromatic rings. The van der Waals surface area contributed by atoms with Crippen LogP contribution < -0.4 is 15.4 Å². The van der Waals surface area contributed by atoms with E-state index >= 15 is 0 Å². The van der Waals surface area contributed by atoms with Crippen LogP contribution >= 0.6 is 11.6 Å². The van der Waals surface area contributed by atoms with E-state index in [1.165, 1.54) is 12.8 Å². The summed E-state index contributed by atoms with van der Waals surface area (Å²) in [4.78, 5) is 12.6. The number of aromatic nitrogens is 2. The first-order chi connectivity index (χ1) is 15.1. The van der Waals surface area contributed by atoms with Crippen LogP contribution in [0.15, 0.2) is 54.7 Å². The highest BCUT2D eigenvalue weighted by atomic mass is 35.5. The number of carbonyl (C=O) groups excluding carboxylic acids is 1. The summed E-state index contributed by atoms with van der Waals surface area (Å²) in [5.41, 5.74) is 3.07. The van der Waals surface area contributed by atoms with Crippen LogP contribution in [0.3, 0.4) is 0 Å². The van der Waals surface area contributed by atoms with E-state index < -0.39 is 0 Å². The monoisotopic (exact) mass is 438 g/mol. The zero-order chi connectivity index (χ0) is 21.6. The topological polar surface area (TPSA) is 68.2 Å². The second-order valence-corrected chi connectivity index (χ2v) is 8.30. The molecule has 1 unspecified atom stereocenters. The normalized spacial score (nSPS) is 15.7. The highest BCUT2D eigenvalue weighted by Gasteiger charge is 2.15. The molecule has 0 saturated carbocycles. The largest absolute Gasteiger partial charge is 0.493 e. The molecule has 0 bridgehead atoms. The van der Waals surface area contributed by atoms with Gasteiger partial charge in [-0.15, -0.1) is 0 Å². The molecule has 6 nitrogen and oxygen atoms in total. The molecule has 1 aromatic heterocycles. The summed E-state index contributed by atoms with van der Waals surface area (Å²) in [6.07, 6.45) is 5.20. The van der Waals surface area contributed by atoms with Crippen molar-refractivity contribution in [1.82, 2.24) is 15.1 Å². The molecule has 1 saturated heterocycles. The van der Waals surface area contributed by atoms with Gasteiger partial charge in [0.1, 0.15) is 5.75 Å². The maximum Gasteiger partial charge on any atom is 0.255 e. The van der Waals surface area contributed by atoms with E-state index in [0.29, 0.717) is 22.9 Å². The van der Waals surface area contributed by atoms with Gasteiger partial charge in [-0.3, -0.25) is 9.48 Å². The fourth-order valence-corrected chi connectivity index (χ4v) is 4.02. The van der Waals surface area contributed by atoms with Crippen LogP contribution in [0.2, 0.25) is 5.02 Å². The number of ether oxygens (including phenoxy) is 1. The van der Waals surface area contributed by atoms with Crippen molar-refractivity contribution in [2.45, 2.75) is 19.3 Å². The molecule has 1 amide bonds. The van der Waals surface area contributed by atoms with Gasteiger partial charge in [0.05, 0.1) is 12.3 Å². The first-order valence-corrected chi connectivity index (χ1v) is 11.0. The number of rotatable bonds is 8. The van der Waals surface area contributed by atoms with Crippen molar-refractivity contribution in [3.8, 4) is 17.0 Å². The van der Waals surface area contributed by atoms with Crippen molar-refractivity contribution in [2.75, 3.05) is 25.0 Å². The van der Waals surface area contributed by atoms with Crippen LogP contribution in [-0.2, 0) is 7.05 Å². The summed E-state index contributed by atoms with van der Waals surface area (Å²) in [7, 11) is 1.89. The maximum atomic E-state index is 12.6. The van der Waals surface area contributed by atoms with E-state index in [0.717, 1.165) is 42.4 Å². The molecule has 1 aliphatic heterocycles. The number of hydrogen-bond acceptors (Lipinski definition) is 4. The lowest BCUT2D eigenvalue weighted by Gasteiger charge is -2.15. The highest BCUT2D eigenvalue weighted by molar-refractivity contribution is 6.30. The second-order valence-electron chi connectivity index (χ2n) is 7.86. The van der Waals surface area contributed by atoms with Crippen LogP contribution in [0.25, 0.3) is 11.3 Å². The number of nitrogens with zero attached hydrogens (tertiary/aromatic N) is 2. The van der Waals surface area contributed by atoms with E-state index in [4.69, 9.17) is 16.3 Å². The van der Waals surface area contributed by atoms with Crippen LogP contribution in [0.5, 0.6) is 5.75 Å². The van der Waals surface area contributed by atoms with Gasteiger partial charge in [0.2, 0.25) is 0 Å². The average molecular weight is 439 g/mol. The Kier molecular flexibility index (Phi) is 6.89. The molecule has 2 heterocycles. The Morgan fingerprint density at radius 2 is 2.10 bits per heavy atom. The van der Waals surface area contributed by atoms with Crippen LogP contribution in [-0.4, -0.2) is 35.4 Å². The highest BCUT2D eigenvalue weighted by Crippen LogP contribution is 2.33. The summed E-state index contributed by atoms with van der Waals surface area (Å²) in [6, 6.07) is 14.5. The SMILES string of the molecule is Cn1nccc1-c1cc(NC(=O)c2ccc(Cl)cc2)ccc1OCCCC1CCNC1. The first kappa shape index (κ1) is 21.4. The van der Waals surface area contributed by atoms with E-state index in [1.807, 2.05) is 31.3 Å². The molecule has 1 atom stereocenters. The van der Waals surface area contributed by atoms with Crippen molar-refractivity contribution in [2.24, 2.45) is 13.0 Å². The molecule has 1 aliphatic rings. The molecular weight excluding hydrogens is 412 g/mol. The molecule has 2 N–H and O–H groups in total. The standard InChI is InChI=1S/C24H27ClN4O2/c1-29-22(11-13-27-29)21-15-20(28-24(30)18-4-6-19(25)7-5-18)8-9-23(21)31-14-2-3-17-10-12-26-16-17/h4-9,11,13,15,17,26H,2-3,10,12,14,16H2,1H3,(H,28,30). The van der Waals surface area contributed by atoms with Crippen molar-refractivity contribution >= 4 is 23.2 Å². The van der Waals surface area contributed by atoms with E-state index in [-0.39, 0.29) is 5.91 Å². The van der Waals surface area contributed by atoms with Gasteiger partial charge in [0.25, 0.3) is 5.91 Å². The lowest BCUT2D eigenvalue weighted by Crippen LogP contribution is -2.12. The smallest absolute Gasteiger partial charge is 0.255 e. The van der Waals surface area contributed by atoms with Crippen molar-refractivity contribution in [1.29, 1.82) is 0 Å². The van der Waals surface area contributed by atoms with Gasteiger partial charge in [-0.2, -0.15) is 5.10 Å². The Bertz CT molecular complexity index is 1030. The minimum Gasteiger partial charge on any atom is -0.493 e. The van der Waals surface area contributed by atoms with Gasteiger partial charge in [-0.25, -0.2) is 0 Å². The molecule has 1 fully saturated rings. The number of carbonyl (C=O) groups is 1. The van der Waals surface area contributed by atoms with Gasteiger partial charge < -0.3 is 15.4 Å². The molecule has 4 rings (SSSR count). The number of aryl methyl sites for hydroxylation is 1. The van der Waals surface area contributed by atoms with Crippen molar-refractivity contribution in [3.63, 3.8) is 0 Å². The maximum absolute atomic E-state index is 12.6. The Morgan fingerprint density at radius 1 is 1.26 bits per heavy atom. The van der Waals surface area contributed by atoms with Crippen molar-refractivity contribution < 1.29 is 9.53 Å². The third kappa shape index (κ3) is 5.46. The van der Waals surface area contributed by atoms with Crippen LogP contribution in [0, 0.1) is 5.92 Å². The average Bonchev–Trinajstić information content (AvgIpc) is 3.44. The summed E-state index contributed by atoms with van der Waals surface area (Å²) in [6.45, 7) is 2.90. The zero-order valence-corrected chi connectivity index (χ0v) is 18.4. The number of benzene rings is 2. The van der Waals surface area contributed by atoms with E-state index in [2.05, 4.69) is 15.7 Å². The summed E-state index contributed by atoms with van der Waals surface area (Å²) < 4.78 is 7.95. The molecule has 0 radical (unpaired) electrons. The molecule has 2 aromatic carbocycles. The quantitative estimate of drug-likeness (QED) is 0.497. The lowest BCUT2D eigenvalue weighted by atomic mass is 10.0. The Balaban J connectivity index is 1.48. The minimum atomic E-state index is -0.188. The predicted octanol–water partition coefficient (Wildman–Crippen LogP) is 4.76. The van der Waals surface area contributed by atoms with Crippen LogP contribution in [0.1, 0.15) is 29.6 Å². The summed E-state index contributed by atoms with van der Waals surface area (Å²) in [5.74, 6) is 1.36. The molecule has 0 aliphatic carbocycles. The number of halogens is 1. The van der Waals surface area contributed by atoms with Gasteiger partial charge >= 0.3 is 0 Å². The molecule has 162 valence electrons. The fourth-order valence-electron chi connectivity index (χ4n) is 3.89. The number of amides is 1. The van der Waals surface area contributed by atoms with E-state index in [9.17, 15) is 4.79 Å².